The summed E-state index contributed by atoms with van der Waals surface area (Å²) in [5.74, 6) is -0.488. The fourth-order valence-corrected chi connectivity index (χ4v) is 3.80. The molecule has 0 N–H and O–H groups in total. The first-order chi connectivity index (χ1) is 14.9. The first kappa shape index (κ1) is 22.2. The number of ketones is 3. The summed E-state index contributed by atoms with van der Waals surface area (Å²) in [6, 6.07) is 6.25. The van der Waals surface area contributed by atoms with Crippen molar-refractivity contribution in [2.24, 2.45) is 0 Å². The van der Waals surface area contributed by atoms with Crippen LogP contribution in [-0.2, 0) is 27.2 Å². The molecule has 0 amide bonds. The van der Waals surface area contributed by atoms with Crippen LogP contribution in [0.25, 0.3) is 0 Å². The van der Waals surface area contributed by atoms with E-state index in [4.69, 9.17) is 14.2 Å². The zero-order valence-electron chi connectivity index (χ0n) is 18.0. The van der Waals surface area contributed by atoms with E-state index in [9.17, 15) is 19.2 Å². The molecule has 7 nitrogen and oxygen atoms in total. The molecule has 3 rings (SSSR count). The first-order valence-corrected chi connectivity index (χ1v) is 9.94. The van der Waals surface area contributed by atoms with Crippen LogP contribution < -0.4 is 9.47 Å². The average molecular weight is 424 g/mol. The van der Waals surface area contributed by atoms with Crippen molar-refractivity contribution in [1.29, 1.82) is 0 Å². The lowest BCUT2D eigenvalue weighted by molar-refractivity contribution is -0.139. The van der Waals surface area contributed by atoms with Crippen molar-refractivity contribution in [1.82, 2.24) is 0 Å². The maximum absolute atomic E-state index is 13.4. The third-order valence-corrected chi connectivity index (χ3v) is 5.48. The summed E-state index contributed by atoms with van der Waals surface area (Å²) in [6.07, 6.45) is 0.783. The Morgan fingerprint density at radius 2 is 1.65 bits per heavy atom. The number of esters is 1. The van der Waals surface area contributed by atoms with Gasteiger partial charge in [0.15, 0.2) is 11.6 Å². The van der Waals surface area contributed by atoms with Gasteiger partial charge in [0.25, 0.3) is 0 Å². The maximum Gasteiger partial charge on any atom is 0.309 e. The number of ether oxygens (including phenoxy) is 3. The van der Waals surface area contributed by atoms with Gasteiger partial charge in [-0.15, -0.1) is 0 Å². The molecule has 0 fully saturated rings. The van der Waals surface area contributed by atoms with Gasteiger partial charge in [0.1, 0.15) is 17.3 Å². The average Bonchev–Trinajstić information content (AvgIpc) is 2.79. The molecule has 0 aromatic heterocycles. The highest BCUT2D eigenvalue weighted by molar-refractivity contribution is 6.29. The van der Waals surface area contributed by atoms with Gasteiger partial charge in [-0.25, -0.2) is 0 Å². The van der Waals surface area contributed by atoms with Crippen LogP contribution in [0, 0.1) is 0 Å². The quantitative estimate of drug-likeness (QED) is 0.513. The Kier molecular flexibility index (Phi) is 6.53. The molecule has 1 aliphatic carbocycles. The van der Waals surface area contributed by atoms with E-state index in [-0.39, 0.29) is 64.6 Å². The molecule has 0 saturated carbocycles. The van der Waals surface area contributed by atoms with Gasteiger partial charge in [-0.05, 0) is 41.8 Å². The molecule has 1 aliphatic rings. The number of hydrogen-bond acceptors (Lipinski definition) is 7. The topological polar surface area (TPSA) is 96.0 Å². The van der Waals surface area contributed by atoms with E-state index in [0.717, 1.165) is 0 Å². The van der Waals surface area contributed by atoms with Crippen LogP contribution >= 0.6 is 0 Å². The molecule has 2 aromatic rings. The van der Waals surface area contributed by atoms with E-state index < -0.39 is 5.97 Å². The molecule has 0 atom stereocenters. The van der Waals surface area contributed by atoms with Gasteiger partial charge in [0.2, 0.25) is 0 Å². The molecular weight excluding hydrogens is 400 g/mol. The molecule has 0 unspecified atom stereocenters. The smallest absolute Gasteiger partial charge is 0.309 e. The second-order valence-electron chi connectivity index (χ2n) is 7.18. The summed E-state index contributed by atoms with van der Waals surface area (Å²) in [7, 11) is 4.16. The van der Waals surface area contributed by atoms with Gasteiger partial charge in [-0.2, -0.15) is 0 Å². The predicted octanol–water partition coefficient (Wildman–Crippen LogP) is 3.11. The van der Waals surface area contributed by atoms with Crippen LogP contribution in [0.5, 0.6) is 11.5 Å². The molecule has 0 aliphatic heterocycles. The number of rotatable bonds is 8. The SMILES string of the molecule is CCC(=O)CCc1c(CC(=O)OC)cc2c(c1OC)C(=O)c1cc(OC)ccc1C2=O. The van der Waals surface area contributed by atoms with Crippen LogP contribution in [0.2, 0.25) is 0 Å². The van der Waals surface area contributed by atoms with E-state index >= 15 is 0 Å². The zero-order chi connectivity index (χ0) is 22.7. The molecular formula is C24H24O7. The summed E-state index contributed by atoms with van der Waals surface area (Å²) in [5, 5.41) is 0. The minimum atomic E-state index is -0.496. The molecule has 31 heavy (non-hydrogen) atoms. The summed E-state index contributed by atoms with van der Waals surface area (Å²) in [5.41, 5.74) is 1.86. The molecule has 2 aromatic carbocycles. The highest BCUT2D eigenvalue weighted by Gasteiger charge is 2.35. The monoisotopic (exact) mass is 424 g/mol. The summed E-state index contributed by atoms with van der Waals surface area (Å²) in [6.45, 7) is 1.77. The van der Waals surface area contributed by atoms with Crippen LogP contribution in [0.4, 0.5) is 0 Å². The lowest BCUT2D eigenvalue weighted by Crippen LogP contribution is -2.24. The molecule has 0 radical (unpaired) electrons. The van der Waals surface area contributed by atoms with Crippen molar-refractivity contribution < 1.29 is 33.4 Å². The van der Waals surface area contributed by atoms with E-state index in [1.165, 1.54) is 27.4 Å². The number of Topliss-reactive ketones (excluding diaryl/α,β-unsaturated/α-hetero) is 1. The second kappa shape index (κ2) is 9.12. The number of carbonyl (C=O) groups excluding carboxylic acids is 4. The van der Waals surface area contributed by atoms with E-state index in [2.05, 4.69) is 0 Å². The minimum absolute atomic E-state index is 0.0428. The Hall–Kier alpha value is -3.48. The Morgan fingerprint density at radius 3 is 2.26 bits per heavy atom. The number of hydrogen-bond donors (Lipinski definition) is 0. The molecule has 0 saturated heterocycles. The van der Waals surface area contributed by atoms with Crippen molar-refractivity contribution in [3.8, 4) is 11.5 Å². The van der Waals surface area contributed by atoms with Gasteiger partial charge in [-0.3, -0.25) is 19.2 Å². The van der Waals surface area contributed by atoms with Crippen molar-refractivity contribution in [3.05, 3.63) is 57.6 Å². The number of methoxy groups -OCH3 is 3. The van der Waals surface area contributed by atoms with E-state index in [0.29, 0.717) is 23.3 Å². The highest BCUT2D eigenvalue weighted by Crippen LogP contribution is 2.39. The van der Waals surface area contributed by atoms with Crippen LogP contribution in [0.1, 0.15) is 62.7 Å². The number of benzene rings is 2. The van der Waals surface area contributed by atoms with Crippen molar-refractivity contribution in [2.75, 3.05) is 21.3 Å². The van der Waals surface area contributed by atoms with Crippen LogP contribution in [0.15, 0.2) is 24.3 Å². The van der Waals surface area contributed by atoms with Gasteiger partial charge in [0.05, 0.1) is 33.3 Å². The second-order valence-corrected chi connectivity index (χ2v) is 7.18. The Labute approximate surface area is 180 Å². The Balaban J connectivity index is 2.23. The first-order valence-electron chi connectivity index (χ1n) is 9.94. The summed E-state index contributed by atoms with van der Waals surface area (Å²) < 4.78 is 15.6. The molecule has 0 heterocycles. The van der Waals surface area contributed by atoms with E-state index in [1.807, 2.05) is 0 Å². The molecule has 162 valence electrons. The number of fused-ring (bicyclic) bond motifs is 2. The zero-order valence-corrected chi connectivity index (χ0v) is 18.0. The lowest BCUT2D eigenvalue weighted by Gasteiger charge is -2.24. The fourth-order valence-electron chi connectivity index (χ4n) is 3.80. The number of carbonyl (C=O) groups is 4. The van der Waals surface area contributed by atoms with Crippen molar-refractivity contribution >= 4 is 23.3 Å². The Morgan fingerprint density at radius 1 is 0.903 bits per heavy atom. The highest BCUT2D eigenvalue weighted by atomic mass is 16.5. The van der Waals surface area contributed by atoms with Crippen molar-refractivity contribution in [3.63, 3.8) is 0 Å². The van der Waals surface area contributed by atoms with Crippen LogP contribution in [0.3, 0.4) is 0 Å². The maximum atomic E-state index is 13.4. The van der Waals surface area contributed by atoms with Gasteiger partial charge in [0, 0.05) is 29.5 Å². The van der Waals surface area contributed by atoms with Gasteiger partial charge >= 0.3 is 5.97 Å². The molecule has 7 heteroatoms. The normalized spacial score (nSPS) is 12.1. The van der Waals surface area contributed by atoms with Gasteiger partial charge in [-0.1, -0.05) is 6.92 Å². The molecule has 0 spiro atoms. The summed E-state index contributed by atoms with van der Waals surface area (Å²) >= 11 is 0. The standard InChI is InChI=1S/C24H24O7/c1-5-14(25)6-8-16-13(11-20(26)30-3)10-19-21(24(16)31-4)23(28)18-12-15(29-2)7-9-17(18)22(19)27/h7,9-10,12H,5-6,8,11H2,1-4H3. The fraction of sp³-hybridized carbons (Fsp3) is 0.333. The predicted molar refractivity (Wildman–Crippen MR) is 112 cm³/mol. The third-order valence-electron chi connectivity index (χ3n) is 5.48. The Bertz CT molecular complexity index is 1080. The largest absolute Gasteiger partial charge is 0.497 e. The third kappa shape index (κ3) is 4.08. The lowest BCUT2D eigenvalue weighted by atomic mass is 9.80. The minimum Gasteiger partial charge on any atom is -0.497 e. The van der Waals surface area contributed by atoms with Crippen molar-refractivity contribution in [2.45, 2.75) is 32.6 Å². The summed E-state index contributed by atoms with van der Waals surface area (Å²) in [4.78, 5) is 50.6. The van der Waals surface area contributed by atoms with E-state index in [1.54, 1.807) is 25.1 Å². The van der Waals surface area contributed by atoms with Crippen LogP contribution in [-0.4, -0.2) is 44.6 Å². The molecule has 0 bridgehead atoms. The van der Waals surface area contributed by atoms with Gasteiger partial charge < -0.3 is 14.2 Å².